The van der Waals surface area contributed by atoms with Crippen LogP contribution in [0, 0.1) is 13.8 Å². The van der Waals surface area contributed by atoms with Crippen LogP contribution in [0.1, 0.15) is 29.9 Å². The van der Waals surface area contributed by atoms with Gasteiger partial charge in [-0.1, -0.05) is 36.4 Å². The second-order valence-corrected chi connectivity index (χ2v) is 11.7. The van der Waals surface area contributed by atoms with E-state index in [1.807, 2.05) is 38.1 Å². The van der Waals surface area contributed by atoms with Crippen LogP contribution in [0.2, 0.25) is 0 Å². The van der Waals surface area contributed by atoms with Crippen molar-refractivity contribution in [3.05, 3.63) is 83.0 Å². The third-order valence-electron chi connectivity index (χ3n) is 6.53. The van der Waals surface area contributed by atoms with Crippen LogP contribution in [0.3, 0.4) is 0 Å². The van der Waals surface area contributed by atoms with E-state index >= 15 is 0 Å². The molecule has 3 heterocycles. The molecule has 1 atom stereocenters. The van der Waals surface area contributed by atoms with E-state index in [-0.39, 0.29) is 6.04 Å². The maximum Gasteiger partial charge on any atom is 0.243 e. The molecule has 7 nitrogen and oxygen atoms in total. The van der Waals surface area contributed by atoms with Gasteiger partial charge in [0.1, 0.15) is 0 Å². The molecule has 0 bridgehead atoms. The van der Waals surface area contributed by atoms with Crippen LogP contribution < -0.4 is 5.32 Å². The molecule has 1 saturated heterocycles. The van der Waals surface area contributed by atoms with E-state index in [0.717, 1.165) is 33.5 Å². The number of morpholine rings is 1. The van der Waals surface area contributed by atoms with Crippen molar-refractivity contribution in [2.75, 3.05) is 31.6 Å². The number of anilines is 1. The summed E-state index contributed by atoms with van der Waals surface area (Å²) in [4.78, 5) is 5.15. The second-order valence-electron chi connectivity index (χ2n) is 8.95. The van der Waals surface area contributed by atoms with Gasteiger partial charge in [0.2, 0.25) is 10.0 Å². The quantitative estimate of drug-likeness (QED) is 0.351. The number of hydrogen-bond donors (Lipinski definition) is 1. The van der Waals surface area contributed by atoms with Crippen LogP contribution in [0.4, 0.5) is 5.13 Å². The van der Waals surface area contributed by atoms with Crippen molar-refractivity contribution in [1.82, 2.24) is 13.9 Å². The van der Waals surface area contributed by atoms with Crippen molar-refractivity contribution in [3.8, 4) is 16.9 Å². The van der Waals surface area contributed by atoms with Crippen LogP contribution in [0.5, 0.6) is 0 Å². The van der Waals surface area contributed by atoms with E-state index in [2.05, 4.69) is 40.4 Å². The Morgan fingerprint density at radius 3 is 2.53 bits per heavy atom. The van der Waals surface area contributed by atoms with Crippen molar-refractivity contribution >= 4 is 26.5 Å². The van der Waals surface area contributed by atoms with Gasteiger partial charge < -0.3 is 14.6 Å². The van der Waals surface area contributed by atoms with Gasteiger partial charge in [0, 0.05) is 41.1 Å². The Balaban J connectivity index is 1.42. The maximum atomic E-state index is 13.2. The van der Waals surface area contributed by atoms with Gasteiger partial charge in [0.25, 0.3) is 0 Å². The summed E-state index contributed by atoms with van der Waals surface area (Å²) in [5.41, 5.74) is 5.99. The Morgan fingerprint density at radius 2 is 1.78 bits per heavy atom. The van der Waals surface area contributed by atoms with Gasteiger partial charge in [-0.2, -0.15) is 4.31 Å². The lowest BCUT2D eigenvalue weighted by Gasteiger charge is -2.26. The summed E-state index contributed by atoms with van der Waals surface area (Å²) in [6, 6.07) is 19.7. The lowest BCUT2D eigenvalue weighted by Crippen LogP contribution is -2.40. The van der Waals surface area contributed by atoms with Crippen LogP contribution in [-0.4, -0.2) is 48.6 Å². The average molecular weight is 523 g/mol. The number of nitrogens with one attached hydrogen (secondary N) is 1. The number of benzene rings is 2. The first kappa shape index (κ1) is 24.7. The van der Waals surface area contributed by atoms with Crippen molar-refractivity contribution in [2.24, 2.45) is 0 Å². The fourth-order valence-electron chi connectivity index (χ4n) is 4.61. The van der Waals surface area contributed by atoms with Gasteiger partial charge in [-0.15, -0.1) is 11.3 Å². The van der Waals surface area contributed by atoms with E-state index in [0.29, 0.717) is 31.2 Å². The Hall–Kier alpha value is -2.98. The molecular weight excluding hydrogens is 492 g/mol. The zero-order valence-corrected chi connectivity index (χ0v) is 22.3. The molecule has 2 aromatic carbocycles. The van der Waals surface area contributed by atoms with Gasteiger partial charge in [-0.3, -0.25) is 0 Å². The van der Waals surface area contributed by atoms with Crippen LogP contribution in [0.25, 0.3) is 16.9 Å². The zero-order valence-electron chi connectivity index (χ0n) is 20.6. The largest absolute Gasteiger partial charge is 0.379 e. The molecule has 0 aliphatic carbocycles. The molecule has 1 N–H and O–H groups in total. The lowest BCUT2D eigenvalue weighted by molar-refractivity contribution is 0.0730. The molecule has 1 fully saturated rings. The van der Waals surface area contributed by atoms with Crippen LogP contribution in [-0.2, 0) is 14.8 Å². The molecule has 1 aliphatic rings. The summed E-state index contributed by atoms with van der Waals surface area (Å²) in [6.45, 7) is 7.80. The smallest absolute Gasteiger partial charge is 0.243 e. The molecule has 4 aromatic rings. The number of hydrogen-bond acceptors (Lipinski definition) is 6. The number of ether oxygens (including phenoxy) is 1. The molecule has 0 unspecified atom stereocenters. The van der Waals surface area contributed by atoms with Crippen LogP contribution >= 0.6 is 11.3 Å². The van der Waals surface area contributed by atoms with Crippen molar-refractivity contribution in [3.63, 3.8) is 0 Å². The number of aryl methyl sites for hydroxylation is 1. The third-order valence-corrected chi connectivity index (χ3v) is 9.20. The second kappa shape index (κ2) is 10.2. The lowest BCUT2D eigenvalue weighted by atomic mass is 10.1. The minimum absolute atomic E-state index is 0.147. The van der Waals surface area contributed by atoms with E-state index in [1.165, 1.54) is 9.87 Å². The average Bonchev–Trinajstić information content (AvgIpc) is 3.48. The molecule has 1 aliphatic heterocycles. The highest BCUT2D eigenvalue weighted by Crippen LogP contribution is 2.33. The summed E-state index contributed by atoms with van der Waals surface area (Å²) in [5, 5.41) is 6.42. The molecule has 0 spiro atoms. The standard InChI is InChI=1S/C27H30N4O3S2/c1-19-16-25(26-18-35-27(29-26)28-20(2)22-8-5-4-6-9-22)21(3)31(19)23-10-7-11-24(17-23)36(32,33)30-12-14-34-15-13-30/h4-11,16-18,20H,12-15H2,1-3H3,(H,28,29)/t20-/m0/s1. The number of aromatic nitrogens is 2. The SMILES string of the molecule is Cc1cc(-c2csc(N[C@@H](C)c3ccccc3)n2)c(C)n1-c1cccc(S(=O)(=O)N2CCOCC2)c1. The molecule has 36 heavy (non-hydrogen) atoms. The van der Waals surface area contributed by atoms with Gasteiger partial charge in [-0.05, 0) is 50.6 Å². The van der Waals surface area contributed by atoms with Gasteiger partial charge in [0.05, 0.1) is 29.8 Å². The topological polar surface area (TPSA) is 76.5 Å². The third kappa shape index (κ3) is 4.84. The first-order chi connectivity index (χ1) is 17.3. The first-order valence-corrected chi connectivity index (χ1v) is 14.3. The highest BCUT2D eigenvalue weighted by atomic mass is 32.2. The van der Waals surface area contributed by atoms with E-state index < -0.39 is 10.0 Å². The maximum absolute atomic E-state index is 13.2. The Kier molecular flexibility index (Phi) is 6.98. The van der Waals surface area contributed by atoms with Crippen molar-refractivity contribution in [1.29, 1.82) is 0 Å². The highest BCUT2D eigenvalue weighted by molar-refractivity contribution is 7.89. The number of thiazole rings is 1. The zero-order chi connectivity index (χ0) is 25.3. The molecule has 188 valence electrons. The molecule has 0 saturated carbocycles. The van der Waals surface area contributed by atoms with Gasteiger partial charge >= 0.3 is 0 Å². The molecule has 5 rings (SSSR count). The number of sulfonamides is 1. The Morgan fingerprint density at radius 1 is 1.03 bits per heavy atom. The molecule has 2 aromatic heterocycles. The Bertz CT molecular complexity index is 1460. The molecule has 9 heteroatoms. The number of rotatable bonds is 7. The van der Waals surface area contributed by atoms with Crippen LogP contribution in [0.15, 0.2) is 70.9 Å². The molecular formula is C27H30N4O3S2. The minimum atomic E-state index is -3.57. The van der Waals surface area contributed by atoms with Crippen molar-refractivity contribution in [2.45, 2.75) is 31.7 Å². The predicted molar refractivity (Wildman–Crippen MR) is 144 cm³/mol. The summed E-state index contributed by atoms with van der Waals surface area (Å²) >= 11 is 1.58. The molecule has 0 amide bonds. The highest BCUT2D eigenvalue weighted by Gasteiger charge is 2.27. The van der Waals surface area contributed by atoms with E-state index in [1.54, 1.807) is 29.5 Å². The van der Waals surface area contributed by atoms with Gasteiger partial charge in [-0.25, -0.2) is 13.4 Å². The number of nitrogens with zero attached hydrogens (tertiary/aromatic N) is 3. The summed E-state index contributed by atoms with van der Waals surface area (Å²) < 4.78 is 35.3. The summed E-state index contributed by atoms with van der Waals surface area (Å²) in [7, 11) is -3.57. The van der Waals surface area contributed by atoms with Gasteiger partial charge in [0.15, 0.2) is 5.13 Å². The summed E-state index contributed by atoms with van der Waals surface area (Å²) in [5.74, 6) is 0. The van der Waals surface area contributed by atoms with E-state index in [9.17, 15) is 8.42 Å². The fraction of sp³-hybridized carbons (Fsp3) is 0.296. The fourth-order valence-corrected chi connectivity index (χ4v) is 6.86. The normalized spacial score (nSPS) is 15.6. The summed E-state index contributed by atoms with van der Waals surface area (Å²) in [6.07, 6.45) is 0. The Labute approximate surface area is 216 Å². The minimum Gasteiger partial charge on any atom is -0.379 e. The van der Waals surface area contributed by atoms with E-state index in [4.69, 9.17) is 9.72 Å². The molecule has 0 radical (unpaired) electrons. The monoisotopic (exact) mass is 522 g/mol. The predicted octanol–water partition coefficient (Wildman–Crippen LogP) is 5.41. The van der Waals surface area contributed by atoms with Crippen molar-refractivity contribution < 1.29 is 13.2 Å². The first-order valence-electron chi connectivity index (χ1n) is 12.0.